The molecule has 0 aliphatic carbocycles. The van der Waals surface area contributed by atoms with Gasteiger partial charge < -0.3 is 14.7 Å². The lowest BCUT2D eigenvalue weighted by Gasteiger charge is -2.17. The van der Waals surface area contributed by atoms with Gasteiger partial charge in [0.25, 0.3) is 0 Å². The number of hydrogen-bond donors (Lipinski definition) is 1. The van der Waals surface area contributed by atoms with E-state index < -0.39 is 11.8 Å². The number of aromatic hydroxyl groups is 1. The van der Waals surface area contributed by atoms with Gasteiger partial charge in [-0.1, -0.05) is 37.2 Å². The number of nitrogens with zero attached hydrogens (tertiary/aromatic N) is 2. The number of benzene rings is 2. The number of halogens is 1. The first-order chi connectivity index (χ1) is 16.4. The third-order valence-corrected chi connectivity index (χ3v) is 5.99. The summed E-state index contributed by atoms with van der Waals surface area (Å²) in [6.07, 6.45) is 2.04. The van der Waals surface area contributed by atoms with Gasteiger partial charge in [-0.05, 0) is 66.3 Å². The van der Waals surface area contributed by atoms with Gasteiger partial charge in [0.2, 0.25) is 0 Å². The summed E-state index contributed by atoms with van der Waals surface area (Å²) in [4.78, 5) is 20.4. The molecule has 2 heterocycles. The quantitative estimate of drug-likeness (QED) is 0.460. The lowest BCUT2D eigenvalue weighted by Crippen LogP contribution is -2.13. The first kappa shape index (κ1) is 23.4. The number of aromatic nitrogens is 1. The molecule has 0 radical (unpaired) electrons. The fourth-order valence-electron chi connectivity index (χ4n) is 4.04. The van der Waals surface area contributed by atoms with Crippen molar-refractivity contribution in [3.05, 3.63) is 76.2 Å². The average Bonchev–Trinajstić information content (AvgIpc) is 3.27. The van der Waals surface area contributed by atoms with Crippen LogP contribution in [0.3, 0.4) is 0 Å². The molecule has 3 aromatic rings. The van der Waals surface area contributed by atoms with Crippen molar-refractivity contribution in [2.75, 3.05) is 6.61 Å². The molecule has 0 unspecified atom stereocenters. The van der Waals surface area contributed by atoms with Gasteiger partial charge in [0.15, 0.2) is 11.6 Å². The van der Waals surface area contributed by atoms with Gasteiger partial charge in [0.1, 0.15) is 23.8 Å². The van der Waals surface area contributed by atoms with Crippen LogP contribution in [-0.4, -0.2) is 28.4 Å². The molecular formula is C27H27FN2O4. The van der Waals surface area contributed by atoms with Gasteiger partial charge in [-0.2, -0.15) is 0 Å². The predicted molar refractivity (Wildman–Crippen MR) is 128 cm³/mol. The minimum absolute atomic E-state index is 0.00962. The van der Waals surface area contributed by atoms with Gasteiger partial charge in [-0.3, -0.25) is 0 Å². The number of rotatable bonds is 8. The van der Waals surface area contributed by atoms with Crippen molar-refractivity contribution >= 4 is 11.7 Å². The first-order valence-electron chi connectivity index (χ1n) is 11.4. The zero-order valence-corrected chi connectivity index (χ0v) is 19.5. The second-order valence-corrected chi connectivity index (χ2v) is 8.29. The van der Waals surface area contributed by atoms with Crippen molar-refractivity contribution in [1.82, 2.24) is 4.98 Å². The zero-order chi connectivity index (χ0) is 24.2. The van der Waals surface area contributed by atoms with Crippen LogP contribution in [-0.2, 0) is 28.9 Å². The SMILES string of the molecule is CCc1cccc(-c2nc(Cc3c(CC)cc(OCC4=NOC(=O)C4)c(F)c3C)ccc2O)c1. The smallest absolute Gasteiger partial charge is 0.340 e. The van der Waals surface area contributed by atoms with Crippen molar-refractivity contribution in [2.24, 2.45) is 5.16 Å². The molecule has 0 saturated heterocycles. The molecule has 7 heteroatoms. The van der Waals surface area contributed by atoms with Gasteiger partial charge in [-0.25, -0.2) is 14.2 Å². The predicted octanol–water partition coefficient (Wildman–Crippen LogP) is 5.30. The molecule has 1 aliphatic rings. The van der Waals surface area contributed by atoms with Crippen molar-refractivity contribution in [1.29, 1.82) is 0 Å². The van der Waals surface area contributed by atoms with E-state index in [0.717, 1.165) is 34.4 Å². The van der Waals surface area contributed by atoms with Crippen molar-refractivity contribution in [3.8, 4) is 22.8 Å². The molecule has 0 atom stereocenters. The number of carbonyl (C=O) groups excluding carboxylic acids is 1. The largest absolute Gasteiger partial charge is 0.506 e. The van der Waals surface area contributed by atoms with E-state index in [2.05, 4.69) is 16.9 Å². The molecule has 0 bridgehead atoms. The summed E-state index contributed by atoms with van der Waals surface area (Å²) in [5, 5.41) is 14.1. The molecule has 4 rings (SSSR count). The van der Waals surface area contributed by atoms with E-state index in [1.54, 1.807) is 25.1 Å². The maximum atomic E-state index is 15.2. The van der Waals surface area contributed by atoms with Crippen LogP contribution < -0.4 is 4.74 Å². The van der Waals surface area contributed by atoms with E-state index in [-0.39, 0.29) is 24.5 Å². The Kier molecular flexibility index (Phi) is 6.91. The van der Waals surface area contributed by atoms with Crippen LogP contribution in [0.5, 0.6) is 11.5 Å². The van der Waals surface area contributed by atoms with Crippen molar-refractivity contribution in [3.63, 3.8) is 0 Å². The molecule has 0 amide bonds. The first-order valence-corrected chi connectivity index (χ1v) is 11.4. The van der Waals surface area contributed by atoms with E-state index in [0.29, 0.717) is 29.8 Å². The minimum atomic E-state index is -0.451. The standard InChI is InChI=1S/C27H27FN2O4/c1-4-17-7-6-8-19(11-17)27-23(31)10-9-20(29-27)13-22-16(3)26(28)24(12-18(22)5-2)33-15-21-14-25(32)34-30-21/h6-12,31H,4-5,13-15H2,1-3H3. The summed E-state index contributed by atoms with van der Waals surface area (Å²) >= 11 is 0. The summed E-state index contributed by atoms with van der Waals surface area (Å²) in [7, 11) is 0. The highest BCUT2D eigenvalue weighted by molar-refractivity contribution is 6.02. The number of aryl methyl sites for hydroxylation is 2. The minimum Gasteiger partial charge on any atom is -0.506 e. The van der Waals surface area contributed by atoms with Crippen LogP contribution in [0.4, 0.5) is 4.39 Å². The highest BCUT2D eigenvalue weighted by Gasteiger charge is 2.21. The number of ether oxygens (including phenoxy) is 1. The summed E-state index contributed by atoms with van der Waals surface area (Å²) in [5.74, 6) is -0.665. The zero-order valence-electron chi connectivity index (χ0n) is 19.5. The second-order valence-electron chi connectivity index (χ2n) is 8.29. The molecule has 0 saturated carbocycles. The van der Waals surface area contributed by atoms with Crippen LogP contribution in [0, 0.1) is 12.7 Å². The molecule has 176 valence electrons. The summed E-state index contributed by atoms with van der Waals surface area (Å²) in [6.45, 7) is 5.79. The molecule has 0 fully saturated rings. The average molecular weight is 463 g/mol. The van der Waals surface area contributed by atoms with Crippen molar-refractivity contribution in [2.45, 2.75) is 46.5 Å². The topological polar surface area (TPSA) is 81.0 Å². The summed E-state index contributed by atoms with van der Waals surface area (Å²) in [5.41, 5.74) is 5.95. The summed E-state index contributed by atoms with van der Waals surface area (Å²) in [6, 6.07) is 13.0. The molecule has 1 aliphatic heterocycles. The number of pyridine rings is 1. The van der Waals surface area contributed by atoms with Crippen LogP contribution in [0.1, 0.15) is 48.2 Å². The fourth-order valence-corrected chi connectivity index (χ4v) is 4.04. The normalized spacial score (nSPS) is 13.1. The Morgan fingerprint density at radius 3 is 2.68 bits per heavy atom. The van der Waals surface area contributed by atoms with Gasteiger partial charge in [0, 0.05) is 17.7 Å². The van der Waals surface area contributed by atoms with E-state index in [1.165, 1.54) is 0 Å². The fraction of sp³-hybridized carbons (Fsp3) is 0.296. The Morgan fingerprint density at radius 1 is 1.15 bits per heavy atom. The number of hydrogen-bond acceptors (Lipinski definition) is 6. The Bertz CT molecular complexity index is 1270. The lowest BCUT2D eigenvalue weighted by atomic mass is 9.94. The number of carbonyl (C=O) groups is 1. The van der Waals surface area contributed by atoms with Crippen LogP contribution in [0.2, 0.25) is 0 Å². The highest BCUT2D eigenvalue weighted by Crippen LogP contribution is 2.32. The molecule has 34 heavy (non-hydrogen) atoms. The van der Waals surface area contributed by atoms with Crippen LogP contribution in [0.25, 0.3) is 11.3 Å². The van der Waals surface area contributed by atoms with E-state index in [4.69, 9.17) is 9.72 Å². The van der Waals surface area contributed by atoms with Gasteiger partial charge >= 0.3 is 5.97 Å². The Morgan fingerprint density at radius 2 is 1.97 bits per heavy atom. The maximum Gasteiger partial charge on any atom is 0.340 e. The molecule has 0 spiro atoms. The van der Waals surface area contributed by atoms with Gasteiger partial charge in [0.05, 0.1) is 6.42 Å². The molecule has 1 N–H and O–H groups in total. The lowest BCUT2D eigenvalue weighted by molar-refractivity contribution is -0.140. The molecule has 1 aromatic heterocycles. The Hall–Kier alpha value is -3.74. The molecule has 2 aromatic carbocycles. The summed E-state index contributed by atoms with van der Waals surface area (Å²) < 4.78 is 20.8. The maximum absolute atomic E-state index is 15.2. The Labute approximate surface area is 198 Å². The van der Waals surface area contributed by atoms with Crippen LogP contribution in [0.15, 0.2) is 47.6 Å². The highest BCUT2D eigenvalue weighted by atomic mass is 19.1. The van der Waals surface area contributed by atoms with Gasteiger partial charge in [-0.15, -0.1) is 0 Å². The third-order valence-electron chi connectivity index (χ3n) is 5.99. The van der Waals surface area contributed by atoms with E-state index >= 15 is 4.39 Å². The molecule has 6 nitrogen and oxygen atoms in total. The number of oxime groups is 1. The third kappa shape index (κ3) is 4.93. The van der Waals surface area contributed by atoms with E-state index in [1.807, 2.05) is 31.2 Å². The molecular weight excluding hydrogens is 435 g/mol. The van der Waals surface area contributed by atoms with Crippen molar-refractivity contribution < 1.29 is 23.9 Å². The Balaban J connectivity index is 1.62. The monoisotopic (exact) mass is 462 g/mol. The van der Waals surface area contributed by atoms with E-state index in [9.17, 15) is 9.90 Å². The van der Waals surface area contributed by atoms with Crippen LogP contribution >= 0.6 is 0 Å². The second kappa shape index (κ2) is 10.0.